The SMILES string of the molecule is CCNCc1cc(Br)cnc1N(C)Cc1ccc(F)cc1. The predicted octanol–water partition coefficient (Wildman–Crippen LogP) is 3.73. The highest BCUT2D eigenvalue weighted by Gasteiger charge is 2.10. The lowest BCUT2D eigenvalue weighted by Gasteiger charge is -2.21. The summed E-state index contributed by atoms with van der Waals surface area (Å²) in [6, 6.07) is 8.64. The Hall–Kier alpha value is -1.46. The van der Waals surface area contributed by atoms with E-state index in [9.17, 15) is 4.39 Å². The average Bonchev–Trinajstić information content (AvgIpc) is 2.47. The molecule has 0 aliphatic rings. The van der Waals surface area contributed by atoms with Gasteiger partial charge in [-0.1, -0.05) is 19.1 Å². The number of nitrogens with zero attached hydrogens (tertiary/aromatic N) is 2. The Kier molecular flexibility index (Phi) is 5.70. The van der Waals surface area contributed by atoms with Crippen molar-refractivity contribution >= 4 is 21.7 Å². The largest absolute Gasteiger partial charge is 0.355 e. The number of aromatic nitrogens is 1. The van der Waals surface area contributed by atoms with Crippen molar-refractivity contribution in [1.82, 2.24) is 10.3 Å². The first-order valence-corrected chi connectivity index (χ1v) is 7.70. The zero-order valence-electron chi connectivity index (χ0n) is 12.2. The number of halogens is 2. The Morgan fingerprint density at radius 1 is 1.29 bits per heavy atom. The van der Waals surface area contributed by atoms with Crippen molar-refractivity contribution in [2.24, 2.45) is 0 Å². The van der Waals surface area contributed by atoms with E-state index < -0.39 is 0 Å². The van der Waals surface area contributed by atoms with Crippen molar-refractivity contribution in [3.8, 4) is 0 Å². The molecule has 1 heterocycles. The molecule has 1 N–H and O–H groups in total. The molecular formula is C16H19BrFN3. The maximum absolute atomic E-state index is 13.0. The number of pyridine rings is 1. The first-order valence-electron chi connectivity index (χ1n) is 6.91. The summed E-state index contributed by atoms with van der Waals surface area (Å²) in [5, 5.41) is 3.32. The average molecular weight is 352 g/mol. The summed E-state index contributed by atoms with van der Waals surface area (Å²) in [4.78, 5) is 6.59. The van der Waals surface area contributed by atoms with Crippen LogP contribution in [-0.2, 0) is 13.1 Å². The van der Waals surface area contributed by atoms with E-state index in [1.54, 1.807) is 18.3 Å². The second-order valence-corrected chi connectivity index (χ2v) is 5.81. The summed E-state index contributed by atoms with van der Waals surface area (Å²) < 4.78 is 13.9. The molecule has 1 aromatic heterocycles. The smallest absolute Gasteiger partial charge is 0.133 e. The number of rotatable bonds is 6. The minimum Gasteiger partial charge on any atom is -0.355 e. The molecular weight excluding hydrogens is 333 g/mol. The van der Waals surface area contributed by atoms with Crippen LogP contribution >= 0.6 is 15.9 Å². The van der Waals surface area contributed by atoms with Gasteiger partial charge in [0.25, 0.3) is 0 Å². The minimum atomic E-state index is -0.212. The number of anilines is 1. The lowest BCUT2D eigenvalue weighted by molar-refractivity contribution is 0.627. The molecule has 0 spiro atoms. The molecule has 0 unspecified atom stereocenters. The second-order valence-electron chi connectivity index (χ2n) is 4.90. The fraction of sp³-hybridized carbons (Fsp3) is 0.312. The number of hydrogen-bond donors (Lipinski definition) is 1. The van der Waals surface area contributed by atoms with Crippen molar-refractivity contribution in [2.75, 3.05) is 18.5 Å². The second kappa shape index (κ2) is 7.52. The van der Waals surface area contributed by atoms with Gasteiger partial charge < -0.3 is 10.2 Å². The molecule has 3 nitrogen and oxygen atoms in total. The van der Waals surface area contributed by atoms with E-state index >= 15 is 0 Å². The van der Waals surface area contributed by atoms with Gasteiger partial charge in [-0.05, 0) is 46.2 Å². The van der Waals surface area contributed by atoms with E-state index in [0.29, 0.717) is 6.54 Å². The van der Waals surface area contributed by atoms with Gasteiger partial charge in [-0.25, -0.2) is 9.37 Å². The summed E-state index contributed by atoms with van der Waals surface area (Å²) in [5.41, 5.74) is 2.19. The van der Waals surface area contributed by atoms with E-state index in [4.69, 9.17) is 0 Å². The normalized spacial score (nSPS) is 10.7. The molecule has 0 bridgehead atoms. The maximum atomic E-state index is 13.0. The van der Waals surface area contributed by atoms with Crippen LogP contribution in [0, 0.1) is 5.82 Å². The van der Waals surface area contributed by atoms with Gasteiger partial charge in [0, 0.05) is 36.4 Å². The van der Waals surface area contributed by atoms with Gasteiger partial charge in [-0.2, -0.15) is 0 Å². The topological polar surface area (TPSA) is 28.2 Å². The van der Waals surface area contributed by atoms with Crippen LogP contribution in [0.15, 0.2) is 41.0 Å². The van der Waals surface area contributed by atoms with Crippen LogP contribution in [-0.4, -0.2) is 18.6 Å². The third-order valence-corrected chi connectivity index (χ3v) is 3.60. The van der Waals surface area contributed by atoms with Crippen molar-refractivity contribution in [3.63, 3.8) is 0 Å². The monoisotopic (exact) mass is 351 g/mol. The fourth-order valence-corrected chi connectivity index (χ4v) is 2.52. The van der Waals surface area contributed by atoms with Crippen molar-refractivity contribution < 1.29 is 4.39 Å². The number of hydrogen-bond acceptors (Lipinski definition) is 3. The zero-order chi connectivity index (χ0) is 15.2. The Labute approximate surface area is 133 Å². The minimum absolute atomic E-state index is 0.212. The summed E-state index contributed by atoms with van der Waals surface area (Å²) >= 11 is 3.46. The van der Waals surface area contributed by atoms with Crippen LogP contribution in [0.5, 0.6) is 0 Å². The van der Waals surface area contributed by atoms with Gasteiger partial charge in [0.05, 0.1) is 0 Å². The van der Waals surface area contributed by atoms with Gasteiger partial charge in [-0.15, -0.1) is 0 Å². The molecule has 0 saturated heterocycles. The molecule has 0 aliphatic carbocycles. The van der Waals surface area contributed by atoms with E-state index in [0.717, 1.165) is 34.5 Å². The molecule has 0 saturated carbocycles. The Bertz CT molecular complexity index is 587. The zero-order valence-corrected chi connectivity index (χ0v) is 13.8. The number of benzene rings is 1. The summed E-state index contributed by atoms with van der Waals surface area (Å²) in [7, 11) is 2.00. The highest BCUT2D eigenvalue weighted by atomic mass is 79.9. The lowest BCUT2D eigenvalue weighted by Crippen LogP contribution is -2.22. The molecule has 0 radical (unpaired) electrons. The van der Waals surface area contributed by atoms with Gasteiger partial charge in [0.2, 0.25) is 0 Å². The number of nitrogens with one attached hydrogen (secondary N) is 1. The lowest BCUT2D eigenvalue weighted by atomic mass is 10.2. The Morgan fingerprint density at radius 2 is 2.00 bits per heavy atom. The van der Waals surface area contributed by atoms with Crippen LogP contribution in [0.25, 0.3) is 0 Å². The molecule has 1 aromatic carbocycles. The van der Waals surface area contributed by atoms with E-state index in [2.05, 4.69) is 44.1 Å². The Balaban J connectivity index is 2.17. The van der Waals surface area contributed by atoms with E-state index in [1.165, 1.54) is 12.1 Å². The van der Waals surface area contributed by atoms with Crippen LogP contribution in [0.2, 0.25) is 0 Å². The van der Waals surface area contributed by atoms with Crippen LogP contribution in [0.3, 0.4) is 0 Å². The summed E-state index contributed by atoms with van der Waals surface area (Å²) in [6.45, 7) is 4.45. The molecule has 112 valence electrons. The summed E-state index contributed by atoms with van der Waals surface area (Å²) in [6.07, 6.45) is 1.80. The van der Waals surface area contributed by atoms with Crippen LogP contribution in [0.4, 0.5) is 10.2 Å². The standard InChI is InChI=1S/C16H19BrFN3/c1-3-19-9-13-8-14(17)10-20-16(13)21(2)11-12-4-6-15(18)7-5-12/h4-8,10,19H,3,9,11H2,1-2H3. The van der Waals surface area contributed by atoms with Gasteiger partial charge in [0.15, 0.2) is 0 Å². The third kappa shape index (κ3) is 4.51. The summed E-state index contributed by atoms with van der Waals surface area (Å²) in [5.74, 6) is 0.722. The van der Waals surface area contributed by atoms with Gasteiger partial charge in [-0.3, -0.25) is 0 Å². The van der Waals surface area contributed by atoms with E-state index in [1.807, 2.05) is 7.05 Å². The fourth-order valence-electron chi connectivity index (χ4n) is 2.15. The van der Waals surface area contributed by atoms with Gasteiger partial charge in [0.1, 0.15) is 11.6 Å². The molecule has 2 aromatic rings. The molecule has 0 amide bonds. The first-order chi connectivity index (χ1) is 10.1. The molecule has 2 rings (SSSR count). The quantitative estimate of drug-likeness (QED) is 0.859. The molecule has 5 heteroatoms. The Morgan fingerprint density at radius 3 is 2.67 bits per heavy atom. The molecule has 0 fully saturated rings. The van der Waals surface area contributed by atoms with E-state index in [-0.39, 0.29) is 5.82 Å². The predicted molar refractivity (Wildman–Crippen MR) is 87.8 cm³/mol. The van der Waals surface area contributed by atoms with Crippen molar-refractivity contribution in [2.45, 2.75) is 20.0 Å². The third-order valence-electron chi connectivity index (χ3n) is 3.17. The highest BCUT2D eigenvalue weighted by molar-refractivity contribution is 9.10. The van der Waals surface area contributed by atoms with Crippen molar-refractivity contribution in [3.05, 3.63) is 57.9 Å². The van der Waals surface area contributed by atoms with Crippen molar-refractivity contribution in [1.29, 1.82) is 0 Å². The highest BCUT2D eigenvalue weighted by Crippen LogP contribution is 2.22. The molecule has 21 heavy (non-hydrogen) atoms. The van der Waals surface area contributed by atoms with Gasteiger partial charge >= 0.3 is 0 Å². The molecule has 0 atom stereocenters. The van der Waals surface area contributed by atoms with Crippen LogP contribution in [0.1, 0.15) is 18.1 Å². The maximum Gasteiger partial charge on any atom is 0.133 e. The molecule has 0 aliphatic heterocycles. The first kappa shape index (κ1) is 15.9. The van der Waals surface area contributed by atoms with Crippen LogP contribution < -0.4 is 10.2 Å².